The Morgan fingerprint density at radius 2 is 1.96 bits per heavy atom. The topological polar surface area (TPSA) is 73.2 Å². The average molecular weight is 377 g/mol. The Labute approximate surface area is 163 Å². The van der Waals surface area contributed by atoms with Crippen LogP contribution in [-0.4, -0.2) is 28.2 Å². The van der Waals surface area contributed by atoms with Crippen LogP contribution in [0.4, 0.5) is 5.69 Å². The number of carbonyl (C=O) groups excluding carboxylic acids is 1. The molecule has 0 unspecified atom stereocenters. The molecule has 1 N–H and O–H groups in total. The fourth-order valence-electron chi connectivity index (χ4n) is 3.85. The summed E-state index contributed by atoms with van der Waals surface area (Å²) in [6, 6.07) is 10.5. The number of aromatic nitrogens is 2. The third-order valence-corrected chi connectivity index (χ3v) is 5.17. The summed E-state index contributed by atoms with van der Waals surface area (Å²) in [5, 5.41) is 3.92. The number of anilines is 1. The standard InChI is InChI=1S/C22H23N3O3/c1-3-25-13-19(22(27)28-4-2)20(26)18-11-17(12-23-21(18)25)24-16-9-14-7-5-6-8-15(14)10-16/h5-8,11-13,16,24H,3-4,9-10H2,1-2H3. The maximum Gasteiger partial charge on any atom is 0.343 e. The molecule has 0 fully saturated rings. The zero-order chi connectivity index (χ0) is 19.7. The Balaban J connectivity index is 1.69. The first-order chi connectivity index (χ1) is 13.6. The molecule has 4 rings (SSSR count). The highest BCUT2D eigenvalue weighted by molar-refractivity contribution is 5.93. The van der Waals surface area contributed by atoms with Crippen molar-refractivity contribution < 1.29 is 9.53 Å². The number of hydrogen-bond donors (Lipinski definition) is 1. The van der Waals surface area contributed by atoms with Crippen molar-refractivity contribution in [3.63, 3.8) is 0 Å². The Morgan fingerprint density at radius 3 is 2.61 bits per heavy atom. The van der Waals surface area contributed by atoms with Gasteiger partial charge < -0.3 is 14.6 Å². The number of aryl methyl sites for hydroxylation is 1. The van der Waals surface area contributed by atoms with Crippen LogP contribution < -0.4 is 10.7 Å². The van der Waals surface area contributed by atoms with E-state index in [1.807, 2.05) is 6.92 Å². The average Bonchev–Trinajstić information content (AvgIpc) is 3.11. The molecule has 3 aromatic rings. The summed E-state index contributed by atoms with van der Waals surface area (Å²) < 4.78 is 6.85. The fraction of sp³-hybridized carbons (Fsp3) is 0.318. The van der Waals surface area contributed by atoms with Crippen molar-refractivity contribution >= 4 is 22.7 Å². The number of fused-ring (bicyclic) bond motifs is 2. The Bertz CT molecular complexity index is 1080. The normalized spacial score (nSPS) is 13.5. The smallest absolute Gasteiger partial charge is 0.343 e. The molecule has 0 amide bonds. The van der Waals surface area contributed by atoms with Gasteiger partial charge in [0, 0.05) is 18.8 Å². The van der Waals surface area contributed by atoms with Gasteiger partial charge >= 0.3 is 5.97 Å². The van der Waals surface area contributed by atoms with Crippen molar-refractivity contribution in [2.24, 2.45) is 0 Å². The van der Waals surface area contributed by atoms with Gasteiger partial charge in [-0.2, -0.15) is 0 Å². The van der Waals surface area contributed by atoms with Crippen molar-refractivity contribution in [2.45, 2.75) is 39.3 Å². The molecule has 2 aromatic heterocycles. The van der Waals surface area contributed by atoms with Gasteiger partial charge in [0.25, 0.3) is 0 Å². The van der Waals surface area contributed by atoms with Gasteiger partial charge in [-0.25, -0.2) is 9.78 Å². The van der Waals surface area contributed by atoms with E-state index in [-0.39, 0.29) is 23.6 Å². The first kappa shape index (κ1) is 18.2. The Kier molecular flexibility index (Phi) is 4.86. The van der Waals surface area contributed by atoms with E-state index in [1.165, 1.54) is 17.3 Å². The van der Waals surface area contributed by atoms with Crippen molar-refractivity contribution in [3.8, 4) is 0 Å². The van der Waals surface area contributed by atoms with Gasteiger partial charge in [0.1, 0.15) is 11.2 Å². The number of hydrogen-bond acceptors (Lipinski definition) is 5. The number of esters is 1. The molecule has 0 radical (unpaired) electrons. The Morgan fingerprint density at radius 1 is 1.25 bits per heavy atom. The minimum atomic E-state index is -0.596. The summed E-state index contributed by atoms with van der Waals surface area (Å²) in [6.45, 7) is 4.49. The molecule has 0 atom stereocenters. The summed E-state index contributed by atoms with van der Waals surface area (Å²) in [5.41, 5.74) is 3.76. The monoisotopic (exact) mass is 377 g/mol. The molecule has 0 saturated heterocycles. The van der Waals surface area contributed by atoms with Crippen LogP contribution in [0.3, 0.4) is 0 Å². The minimum Gasteiger partial charge on any atom is -0.462 e. The molecule has 1 aliphatic carbocycles. The number of benzene rings is 1. The van der Waals surface area contributed by atoms with Crippen molar-refractivity contribution in [2.75, 3.05) is 11.9 Å². The molecule has 2 heterocycles. The molecule has 0 aliphatic heterocycles. The van der Waals surface area contributed by atoms with Crippen molar-refractivity contribution in [1.29, 1.82) is 0 Å². The van der Waals surface area contributed by atoms with E-state index in [4.69, 9.17) is 4.74 Å². The third kappa shape index (κ3) is 3.26. The van der Waals surface area contributed by atoms with E-state index >= 15 is 0 Å². The number of nitrogens with one attached hydrogen (secondary N) is 1. The van der Waals surface area contributed by atoms with E-state index in [0.717, 1.165) is 18.5 Å². The predicted molar refractivity (Wildman–Crippen MR) is 109 cm³/mol. The summed E-state index contributed by atoms with van der Waals surface area (Å²) in [7, 11) is 0. The second-order valence-electron chi connectivity index (χ2n) is 6.99. The zero-order valence-electron chi connectivity index (χ0n) is 16.1. The molecule has 6 nitrogen and oxygen atoms in total. The van der Waals surface area contributed by atoms with Gasteiger partial charge in [0.15, 0.2) is 0 Å². The quantitative estimate of drug-likeness (QED) is 0.692. The number of carbonyl (C=O) groups is 1. The summed E-state index contributed by atoms with van der Waals surface area (Å²) in [6.07, 6.45) is 5.17. The van der Waals surface area contributed by atoms with Crippen LogP contribution in [0.15, 0.2) is 47.5 Å². The number of rotatable bonds is 5. The van der Waals surface area contributed by atoms with Crippen LogP contribution in [0.2, 0.25) is 0 Å². The van der Waals surface area contributed by atoms with Crippen LogP contribution in [0, 0.1) is 0 Å². The van der Waals surface area contributed by atoms with Gasteiger partial charge in [0.2, 0.25) is 5.43 Å². The molecule has 144 valence electrons. The zero-order valence-corrected chi connectivity index (χ0v) is 16.1. The SMILES string of the molecule is CCOC(=O)c1cn(CC)c2ncc(NC3Cc4ccccc4C3)cc2c1=O. The van der Waals surface area contributed by atoms with E-state index in [1.54, 1.807) is 23.8 Å². The van der Waals surface area contributed by atoms with Crippen molar-refractivity contribution in [1.82, 2.24) is 9.55 Å². The second kappa shape index (κ2) is 7.46. The fourth-order valence-corrected chi connectivity index (χ4v) is 3.85. The number of nitrogens with zero attached hydrogens (tertiary/aromatic N) is 2. The highest BCUT2D eigenvalue weighted by atomic mass is 16.5. The van der Waals surface area contributed by atoms with Crippen LogP contribution in [0.5, 0.6) is 0 Å². The molecule has 1 aromatic carbocycles. The minimum absolute atomic E-state index is 0.0448. The second-order valence-corrected chi connectivity index (χ2v) is 6.99. The van der Waals surface area contributed by atoms with Gasteiger partial charge in [0.05, 0.1) is 23.9 Å². The molecule has 0 spiro atoms. The van der Waals surface area contributed by atoms with E-state index in [9.17, 15) is 9.59 Å². The lowest BCUT2D eigenvalue weighted by atomic mass is 10.1. The van der Waals surface area contributed by atoms with Gasteiger partial charge in [-0.15, -0.1) is 0 Å². The molecule has 1 aliphatic rings. The van der Waals surface area contributed by atoms with Crippen LogP contribution in [0.1, 0.15) is 35.3 Å². The van der Waals surface area contributed by atoms with Crippen LogP contribution in [0.25, 0.3) is 11.0 Å². The molecule has 6 heteroatoms. The van der Waals surface area contributed by atoms with E-state index < -0.39 is 5.97 Å². The van der Waals surface area contributed by atoms with Gasteiger partial charge in [-0.3, -0.25) is 4.79 Å². The van der Waals surface area contributed by atoms with Crippen LogP contribution in [-0.2, 0) is 24.1 Å². The first-order valence-corrected chi connectivity index (χ1v) is 9.64. The lowest BCUT2D eigenvalue weighted by Crippen LogP contribution is -2.22. The maximum atomic E-state index is 12.9. The third-order valence-electron chi connectivity index (χ3n) is 5.17. The molecule has 0 saturated carbocycles. The highest BCUT2D eigenvalue weighted by Gasteiger charge is 2.22. The van der Waals surface area contributed by atoms with E-state index in [0.29, 0.717) is 17.6 Å². The predicted octanol–water partition coefficient (Wildman–Crippen LogP) is 3.17. The Hall–Kier alpha value is -3.15. The highest BCUT2D eigenvalue weighted by Crippen LogP contribution is 2.25. The summed E-state index contributed by atoms with van der Waals surface area (Å²) in [4.78, 5) is 29.6. The molecular formula is C22H23N3O3. The largest absolute Gasteiger partial charge is 0.462 e. The van der Waals surface area contributed by atoms with Gasteiger partial charge in [-0.05, 0) is 43.9 Å². The van der Waals surface area contributed by atoms with Crippen molar-refractivity contribution in [3.05, 3.63) is 69.6 Å². The molecular weight excluding hydrogens is 354 g/mol. The molecule has 28 heavy (non-hydrogen) atoms. The van der Waals surface area contributed by atoms with Crippen LogP contribution >= 0.6 is 0 Å². The van der Waals surface area contributed by atoms with Gasteiger partial charge in [-0.1, -0.05) is 24.3 Å². The molecule has 0 bridgehead atoms. The summed E-state index contributed by atoms with van der Waals surface area (Å²) in [5.74, 6) is -0.596. The summed E-state index contributed by atoms with van der Waals surface area (Å²) >= 11 is 0. The number of ether oxygens (including phenoxy) is 1. The lowest BCUT2D eigenvalue weighted by molar-refractivity contribution is 0.0524. The maximum absolute atomic E-state index is 12.9. The first-order valence-electron chi connectivity index (χ1n) is 9.64. The van der Waals surface area contributed by atoms with E-state index in [2.05, 4.69) is 34.6 Å². The lowest BCUT2D eigenvalue weighted by Gasteiger charge is -2.15. The number of pyridine rings is 2.